The molecule has 13 nitrogen and oxygen atoms in total. The number of ether oxygens (including phenoxy) is 10. The van der Waals surface area contributed by atoms with E-state index in [1.807, 2.05) is 24.3 Å². The van der Waals surface area contributed by atoms with Gasteiger partial charge in [-0.2, -0.15) is 0 Å². The number of hydrogen-bond donors (Lipinski definition) is 2. The van der Waals surface area contributed by atoms with Gasteiger partial charge in [0.15, 0.2) is 0 Å². The van der Waals surface area contributed by atoms with Crippen molar-refractivity contribution in [1.82, 2.24) is 5.32 Å². The Kier molecular flexibility index (Phi) is 22.5. The smallest absolute Gasteiger partial charge is 0.407 e. The van der Waals surface area contributed by atoms with Crippen molar-refractivity contribution in [3.8, 4) is 11.1 Å². The van der Waals surface area contributed by atoms with E-state index in [-0.39, 0.29) is 12.5 Å². The summed E-state index contributed by atoms with van der Waals surface area (Å²) in [6, 6.07) is 16.5. The third-order valence-corrected chi connectivity index (χ3v) is 7.10. The average molecular weight is 679 g/mol. The molecule has 0 spiro atoms. The van der Waals surface area contributed by atoms with Crippen molar-refractivity contribution in [2.45, 2.75) is 5.92 Å². The molecule has 0 atom stereocenters. The molecule has 0 fully saturated rings. The first-order chi connectivity index (χ1) is 23.8. The summed E-state index contributed by atoms with van der Waals surface area (Å²) in [7, 11) is 0. The van der Waals surface area contributed by atoms with Crippen LogP contribution in [-0.2, 0) is 47.4 Å². The van der Waals surface area contributed by atoms with Crippen LogP contribution in [0.5, 0.6) is 0 Å². The highest BCUT2D eigenvalue weighted by Crippen LogP contribution is 2.44. The van der Waals surface area contributed by atoms with Crippen LogP contribution in [0.15, 0.2) is 48.5 Å². The molecule has 0 unspecified atom stereocenters. The van der Waals surface area contributed by atoms with E-state index in [2.05, 4.69) is 29.6 Å². The molecule has 48 heavy (non-hydrogen) atoms. The quantitative estimate of drug-likeness (QED) is 0.113. The second kappa shape index (κ2) is 27.2. The van der Waals surface area contributed by atoms with Crippen LogP contribution in [0.25, 0.3) is 11.1 Å². The van der Waals surface area contributed by atoms with Crippen molar-refractivity contribution in [2.24, 2.45) is 5.73 Å². The Morgan fingerprint density at radius 3 is 1.21 bits per heavy atom. The molecule has 0 heterocycles. The molecule has 0 bridgehead atoms. The van der Waals surface area contributed by atoms with Gasteiger partial charge in [0.1, 0.15) is 6.61 Å². The largest absolute Gasteiger partial charge is 0.449 e. The summed E-state index contributed by atoms with van der Waals surface area (Å²) in [5.41, 5.74) is 10.1. The van der Waals surface area contributed by atoms with Gasteiger partial charge in [-0.05, 0) is 22.3 Å². The highest BCUT2D eigenvalue weighted by atomic mass is 16.6. The molecule has 0 aromatic heterocycles. The Hall–Kier alpha value is -2.69. The molecule has 0 saturated carbocycles. The van der Waals surface area contributed by atoms with Crippen LogP contribution in [0.3, 0.4) is 0 Å². The number of hydrogen-bond acceptors (Lipinski definition) is 12. The zero-order chi connectivity index (χ0) is 33.7. The SMILES string of the molecule is NCCOCCOCCOCCOCCOCCOCCOCCOCCOCCNC(=O)OCC1c2ccccc2-c2ccccc21. The fourth-order valence-electron chi connectivity index (χ4n) is 4.82. The molecule has 2 aromatic carbocycles. The van der Waals surface area contributed by atoms with Crippen LogP contribution >= 0.6 is 0 Å². The minimum Gasteiger partial charge on any atom is -0.449 e. The molecule has 3 N–H and O–H groups in total. The normalized spacial score (nSPS) is 12.3. The molecule has 270 valence electrons. The van der Waals surface area contributed by atoms with Crippen LogP contribution in [0.1, 0.15) is 17.0 Å². The third kappa shape index (κ3) is 17.1. The first kappa shape index (κ1) is 39.7. The number of carbonyl (C=O) groups is 1. The van der Waals surface area contributed by atoms with Gasteiger partial charge in [-0.3, -0.25) is 0 Å². The van der Waals surface area contributed by atoms with Gasteiger partial charge in [-0.15, -0.1) is 0 Å². The molecule has 0 saturated heterocycles. The summed E-state index contributed by atoms with van der Waals surface area (Å²) in [6.45, 7) is 10.0. The van der Waals surface area contributed by atoms with E-state index >= 15 is 0 Å². The van der Waals surface area contributed by atoms with Crippen LogP contribution in [0, 0.1) is 0 Å². The second-order valence-corrected chi connectivity index (χ2v) is 10.6. The van der Waals surface area contributed by atoms with Crippen molar-refractivity contribution >= 4 is 6.09 Å². The van der Waals surface area contributed by atoms with Gasteiger partial charge in [0, 0.05) is 19.0 Å². The molecule has 2 aromatic rings. The monoisotopic (exact) mass is 678 g/mol. The first-order valence-electron chi connectivity index (χ1n) is 16.8. The van der Waals surface area contributed by atoms with Crippen LogP contribution in [0.4, 0.5) is 4.79 Å². The Morgan fingerprint density at radius 2 is 0.833 bits per heavy atom. The number of nitrogens with two attached hydrogens (primary N) is 1. The van der Waals surface area contributed by atoms with E-state index in [1.165, 1.54) is 22.3 Å². The highest BCUT2D eigenvalue weighted by molar-refractivity contribution is 5.79. The maximum Gasteiger partial charge on any atom is 0.407 e. The lowest BCUT2D eigenvalue weighted by Crippen LogP contribution is -2.29. The molecule has 1 aliphatic rings. The Morgan fingerprint density at radius 1 is 0.500 bits per heavy atom. The molecule has 0 aliphatic heterocycles. The number of fused-ring (bicyclic) bond motifs is 3. The van der Waals surface area contributed by atoms with Gasteiger partial charge in [-0.1, -0.05) is 48.5 Å². The summed E-state index contributed by atoms with van der Waals surface area (Å²) in [5, 5.41) is 2.74. The molecule has 13 heteroatoms. The minimum absolute atomic E-state index is 0.0393. The van der Waals surface area contributed by atoms with E-state index in [0.29, 0.717) is 132 Å². The number of benzene rings is 2. The van der Waals surface area contributed by atoms with Crippen molar-refractivity contribution in [3.63, 3.8) is 0 Å². The van der Waals surface area contributed by atoms with Gasteiger partial charge in [0.25, 0.3) is 0 Å². The highest BCUT2D eigenvalue weighted by Gasteiger charge is 2.28. The summed E-state index contributed by atoms with van der Waals surface area (Å²) < 4.78 is 54.5. The van der Waals surface area contributed by atoms with Gasteiger partial charge < -0.3 is 58.4 Å². The molecular formula is C35H54N2O11. The fraction of sp³-hybridized carbons (Fsp3) is 0.629. The topological polar surface area (TPSA) is 147 Å². The second-order valence-electron chi connectivity index (χ2n) is 10.6. The van der Waals surface area contributed by atoms with E-state index in [4.69, 9.17) is 53.1 Å². The summed E-state index contributed by atoms with van der Waals surface area (Å²) in [4.78, 5) is 12.2. The van der Waals surface area contributed by atoms with E-state index < -0.39 is 6.09 Å². The van der Waals surface area contributed by atoms with Crippen molar-refractivity contribution in [3.05, 3.63) is 59.7 Å². The maximum absolute atomic E-state index is 12.2. The van der Waals surface area contributed by atoms with Gasteiger partial charge in [-0.25, -0.2) is 4.79 Å². The van der Waals surface area contributed by atoms with E-state index in [1.54, 1.807) is 0 Å². The molecule has 1 amide bonds. The van der Waals surface area contributed by atoms with Crippen molar-refractivity contribution in [1.29, 1.82) is 0 Å². The average Bonchev–Trinajstić information content (AvgIpc) is 3.43. The number of alkyl carbamates (subject to hydrolysis) is 1. The maximum atomic E-state index is 12.2. The lowest BCUT2D eigenvalue weighted by molar-refractivity contribution is -0.0248. The Bertz CT molecular complexity index is 1050. The van der Waals surface area contributed by atoms with Crippen molar-refractivity contribution in [2.75, 3.05) is 139 Å². The van der Waals surface area contributed by atoms with E-state index in [0.717, 1.165) is 0 Å². The van der Waals surface area contributed by atoms with Gasteiger partial charge >= 0.3 is 6.09 Å². The molecule has 0 radical (unpaired) electrons. The van der Waals surface area contributed by atoms with Crippen LogP contribution in [0.2, 0.25) is 0 Å². The zero-order valence-electron chi connectivity index (χ0n) is 28.1. The predicted octanol–water partition coefficient (Wildman–Crippen LogP) is 2.63. The molecule has 1 aliphatic carbocycles. The summed E-state index contributed by atoms with van der Waals surface area (Å²) >= 11 is 0. The Balaban J connectivity index is 0.986. The summed E-state index contributed by atoms with van der Waals surface area (Å²) in [5.74, 6) is 0.0393. The lowest BCUT2D eigenvalue weighted by Gasteiger charge is -2.14. The molecule has 3 rings (SSSR count). The van der Waals surface area contributed by atoms with Crippen LogP contribution < -0.4 is 11.1 Å². The lowest BCUT2D eigenvalue weighted by atomic mass is 9.98. The Labute approximate surface area is 284 Å². The van der Waals surface area contributed by atoms with E-state index in [9.17, 15) is 4.79 Å². The number of carbonyl (C=O) groups excluding carboxylic acids is 1. The van der Waals surface area contributed by atoms with Gasteiger partial charge in [0.05, 0.1) is 119 Å². The number of rotatable bonds is 31. The third-order valence-electron chi connectivity index (χ3n) is 7.10. The van der Waals surface area contributed by atoms with Crippen LogP contribution in [-0.4, -0.2) is 145 Å². The summed E-state index contributed by atoms with van der Waals surface area (Å²) in [6.07, 6.45) is -0.451. The first-order valence-corrected chi connectivity index (χ1v) is 16.8. The van der Waals surface area contributed by atoms with Gasteiger partial charge in [0.2, 0.25) is 0 Å². The predicted molar refractivity (Wildman–Crippen MR) is 179 cm³/mol. The minimum atomic E-state index is -0.451. The van der Waals surface area contributed by atoms with Crippen molar-refractivity contribution < 1.29 is 52.2 Å². The number of nitrogens with one attached hydrogen (secondary N) is 1. The standard InChI is InChI=1S/C35H54N2O11/c36-9-11-39-13-15-41-17-19-43-21-23-45-25-27-47-28-26-46-24-22-44-20-18-42-16-14-40-12-10-37-35(38)48-29-34-32-7-3-1-5-30(32)31-6-2-4-8-33(31)34/h1-8,34H,9-29,36H2,(H,37,38). The fourth-order valence-corrected chi connectivity index (χ4v) is 4.82. The zero-order valence-corrected chi connectivity index (χ0v) is 28.1. The molecular weight excluding hydrogens is 624 g/mol. The number of amides is 1.